The highest BCUT2D eigenvalue weighted by atomic mass is 28.3. The van der Waals surface area contributed by atoms with Gasteiger partial charge in [0.1, 0.15) is 8.24 Å². The zero-order valence-electron chi connectivity index (χ0n) is 20.0. The lowest BCUT2D eigenvalue weighted by Gasteiger charge is -2.47. The van der Waals surface area contributed by atoms with E-state index in [2.05, 4.69) is 133 Å². The summed E-state index contributed by atoms with van der Waals surface area (Å²) >= 11 is 0. The molecule has 6 rings (SSSR count). The summed E-state index contributed by atoms with van der Waals surface area (Å²) in [6.07, 6.45) is 29.0. The Morgan fingerprint density at radius 1 is 0.697 bits per heavy atom. The standard InChI is InChI=1S/C30H36N2Si/c1-21-31-29-23(22-13-5-4-6-14-22)15-11-12-20-28(29)32(21)33(2,3)30-26-18-9-7-16-24(26)25-17-8-10-19-27(25)30/h4-21,23-31H,1-3H3/t21-,23?,24?,25?,26?,27?,28+,29?,30?/m0/s1. The average molecular weight is 453 g/mol. The summed E-state index contributed by atoms with van der Waals surface area (Å²) in [6, 6.07) is 11.9. The predicted octanol–water partition coefficient (Wildman–Crippen LogP) is 6.19. The van der Waals surface area contributed by atoms with Crippen molar-refractivity contribution in [1.82, 2.24) is 9.88 Å². The van der Waals surface area contributed by atoms with Crippen molar-refractivity contribution in [3.05, 3.63) is 109 Å². The van der Waals surface area contributed by atoms with Crippen LogP contribution in [0.4, 0.5) is 0 Å². The molecule has 0 aromatic heterocycles. The lowest BCUT2D eigenvalue weighted by molar-refractivity contribution is 0.335. The number of hydrogen-bond donors (Lipinski definition) is 1. The summed E-state index contributed by atoms with van der Waals surface area (Å²) in [7, 11) is -1.86. The summed E-state index contributed by atoms with van der Waals surface area (Å²) in [6.45, 7) is 7.71. The Kier molecular flexibility index (Phi) is 5.32. The highest BCUT2D eigenvalue weighted by molar-refractivity contribution is 6.76. The normalized spacial score (nSPS) is 41.1. The van der Waals surface area contributed by atoms with Crippen LogP contribution in [0.25, 0.3) is 0 Å². The van der Waals surface area contributed by atoms with Crippen molar-refractivity contribution in [2.45, 2.75) is 49.7 Å². The van der Waals surface area contributed by atoms with Crippen LogP contribution >= 0.6 is 0 Å². The first-order chi connectivity index (χ1) is 16.1. The first-order valence-corrected chi connectivity index (χ1v) is 15.7. The minimum atomic E-state index is -1.86. The van der Waals surface area contributed by atoms with Gasteiger partial charge in [0.15, 0.2) is 0 Å². The largest absolute Gasteiger partial charge is 0.302 e. The van der Waals surface area contributed by atoms with Crippen LogP contribution in [0.2, 0.25) is 18.6 Å². The van der Waals surface area contributed by atoms with Crippen LogP contribution in [0.3, 0.4) is 0 Å². The van der Waals surface area contributed by atoms with Gasteiger partial charge in [-0.05, 0) is 41.7 Å². The zero-order valence-corrected chi connectivity index (χ0v) is 21.0. The van der Waals surface area contributed by atoms with Gasteiger partial charge in [-0.3, -0.25) is 5.32 Å². The van der Waals surface area contributed by atoms with Crippen molar-refractivity contribution < 1.29 is 0 Å². The van der Waals surface area contributed by atoms with Crippen molar-refractivity contribution in [3.63, 3.8) is 0 Å². The van der Waals surface area contributed by atoms with Gasteiger partial charge >= 0.3 is 0 Å². The third-order valence-electron chi connectivity index (χ3n) is 9.05. The summed E-state index contributed by atoms with van der Waals surface area (Å²) in [5.41, 5.74) is 2.12. The van der Waals surface area contributed by atoms with E-state index >= 15 is 0 Å². The summed E-state index contributed by atoms with van der Waals surface area (Å²) < 4.78 is 2.94. The number of rotatable bonds is 3. The van der Waals surface area contributed by atoms with Gasteiger partial charge in [-0.25, -0.2) is 0 Å². The van der Waals surface area contributed by atoms with Crippen molar-refractivity contribution in [3.8, 4) is 0 Å². The van der Waals surface area contributed by atoms with Gasteiger partial charge in [-0.2, -0.15) is 0 Å². The Bertz CT molecular complexity index is 1030. The number of fused-ring (bicyclic) bond motifs is 4. The Morgan fingerprint density at radius 2 is 1.24 bits per heavy atom. The van der Waals surface area contributed by atoms with Gasteiger partial charge in [-0.15, -0.1) is 0 Å². The van der Waals surface area contributed by atoms with Crippen molar-refractivity contribution in [2.24, 2.45) is 23.7 Å². The van der Waals surface area contributed by atoms with E-state index in [0.717, 1.165) is 0 Å². The molecule has 2 nitrogen and oxygen atoms in total. The van der Waals surface area contributed by atoms with E-state index in [1.807, 2.05) is 0 Å². The molecule has 1 saturated carbocycles. The monoisotopic (exact) mass is 452 g/mol. The molecular formula is C30H36N2Si. The molecule has 2 fully saturated rings. The van der Waals surface area contributed by atoms with Crippen LogP contribution in [0.15, 0.2) is 103 Å². The number of benzene rings is 1. The number of nitrogens with one attached hydrogen (secondary N) is 1. The molecule has 0 bridgehead atoms. The molecule has 0 spiro atoms. The molecule has 170 valence electrons. The van der Waals surface area contributed by atoms with Gasteiger partial charge in [0.05, 0.1) is 6.17 Å². The second kappa shape index (κ2) is 8.23. The molecule has 1 aliphatic heterocycles. The van der Waals surface area contributed by atoms with E-state index in [4.69, 9.17) is 0 Å². The Morgan fingerprint density at radius 3 is 1.88 bits per heavy atom. The molecule has 4 aliphatic carbocycles. The van der Waals surface area contributed by atoms with E-state index in [0.29, 0.717) is 53.4 Å². The molecule has 1 N–H and O–H groups in total. The lowest BCUT2D eigenvalue weighted by Crippen LogP contribution is -2.59. The van der Waals surface area contributed by atoms with E-state index in [1.165, 1.54) is 5.56 Å². The maximum atomic E-state index is 4.06. The molecule has 8 atom stereocenters. The van der Waals surface area contributed by atoms with Crippen LogP contribution in [0.5, 0.6) is 0 Å². The van der Waals surface area contributed by atoms with Crippen molar-refractivity contribution >= 4 is 8.24 Å². The highest BCUT2D eigenvalue weighted by Gasteiger charge is 2.59. The molecule has 1 heterocycles. The zero-order chi connectivity index (χ0) is 22.6. The first-order valence-electron chi connectivity index (χ1n) is 12.7. The smallest absolute Gasteiger partial charge is 0.129 e. The van der Waals surface area contributed by atoms with E-state index < -0.39 is 8.24 Å². The quantitative estimate of drug-likeness (QED) is 0.550. The van der Waals surface area contributed by atoms with Crippen LogP contribution in [-0.4, -0.2) is 31.1 Å². The molecule has 6 unspecified atom stereocenters. The number of allylic oxidation sites excluding steroid dienone is 10. The third-order valence-corrected chi connectivity index (χ3v) is 13.5. The second-order valence-electron chi connectivity index (χ2n) is 11.0. The minimum Gasteiger partial charge on any atom is -0.302 e. The molecule has 0 amide bonds. The van der Waals surface area contributed by atoms with Gasteiger partial charge in [0.25, 0.3) is 0 Å². The fourth-order valence-corrected chi connectivity index (χ4v) is 12.9. The summed E-state index contributed by atoms with van der Waals surface area (Å²) in [5.74, 6) is 2.96. The molecule has 1 aromatic carbocycles. The molecule has 0 radical (unpaired) electrons. The van der Waals surface area contributed by atoms with E-state index in [-0.39, 0.29) is 0 Å². The van der Waals surface area contributed by atoms with Gasteiger partial charge < -0.3 is 4.57 Å². The fraction of sp³-hybridized carbons (Fsp3) is 0.400. The number of hydrogen-bond acceptors (Lipinski definition) is 2. The van der Waals surface area contributed by atoms with Crippen molar-refractivity contribution in [1.29, 1.82) is 0 Å². The van der Waals surface area contributed by atoms with Crippen LogP contribution < -0.4 is 5.32 Å². The molecule has 1 aromatic rings. The average Bonchev–Trinajstić information content (AvgIpc) is 3.27. The topological polar surface area (TPSA) is 15.3 Å². The second-order valence-corrected chi connectivity index (χ2v) is 15.5. The third kappa shape index (κ3) is 3.36. The molecule has 1 saturated heterocycles. The van der Waals surface area contributed by atoms with Crippen molar-refractivity contribution in [2.75, 3.05) is 0 Å². The SMILES string of the molecule is C[C@H]1NC2C(c3ccccc3)C=CC=C[C@H]2N1[Si](C)(C)C1C2C=CC=CC2C2C=CC=CC21. The van der Waals surface area contributed by atoms with Crippen LogP contribution in [0, 0.1) is 23.7 Å². The summed E-state index contributed by atoms with van der Waals surface area (Å²) in [4.78, 5) is 0. The maximum Gasteiger partial charge on any atom is 0.129 e. The van der Waals surface area contributed by atoms with Gasteiger partial charge in [-0.1, -0.05) is 116 Å². The fourth-order valence-electron chi connectivity index (χ4n) is 7.92. The maximum absolute atomic E-state index is 4.06. The van der Waals surface area contributed by atoms with Gasteiger partial charge in [0.2, 0.25) is 0 Å². The molecule has 3 heteroatoms. The van der Waals surface area contributed by atoms with E-state index in [9.17, 15) is 0 Å². The van der Waals surface area contributed by atoms with Crippen LogP contribution in [-0.2, 0) is 0 Å². The molecule has 33 heavy (non-hydrogen) atoms. The minimum absolute atomic E-state index is 0.382. The summed E-state index contributed by atoms with van der Waals surface area (Å²) in [5, 5.41) is 4.06. The number of nitrogens with zero attached hydrogens (tertiary/aromatic N) is 1. The predicted molar refractivity (Wildman–Crippen MR) is 141 cm³/mol. The van der Waals surface area contributed by atoms with Crippen LogP contribution in [0.1, 0.15) is 18.4 Å². The molecule has 5 aliphatic rings. The highest BCUT2D eigenvalue weighted by Crippen LogP contribution is 2.59. The lowest BCUT2D eigenvalue weighted by atomic mass is 9.83. The Labute approximate surface area is 200 Å². The first kappa shape index (κ1) is 21.3. The molecular weight excluding hydrogens is 416 g/mol. The Balaban J connectivity index is 1.38. The Hall–Kier alpha value is -2.20. The van der Waals surface area contributed by atoms with E-state index in [1.54, 1.807) is 0 Å². The van der Waals surface area contributed by atoms with Gasteiger partial charge in [0, 0.05) is 18.0 Å².